The van der Waals surface area contributed by atoms with Crippen LogP contribution in [0.15, 0.2) is 18.2 Å². The lowest BCUT2D eigenvalue weighted by molar-refractivity contribution is -0.149. The van der Waals surface area contributed by atoms with E-state index < -0.39 is 5.54 Å². The van der Waals surface area contributed by atoms with Gasteiger partial charge in [-0.2, -0.15) is 0 Å². The summed E-state index contributed by atoms with van der Waals surface area (Å²) in [7, 11) is 0. The molecule has 1 unspecified atom stereocenters. The van der Waals surface area contributed by atoms with E-state index >= 15 is 0 Å². The molecule has 0 aliphatic carbocycles. The van der Waals surface area contributed by atoms with Crippen molar-refractivity contribution in [1.29, 1.82) is 0 Å². The molecule has 1 aromatic carbocycles. The third-order valence-corrected chi connectivity index (χ3v) is 3.23. The van der Waals surface area contributed by atoms with Crippen molar-refractivity contribution in [1.82, 2.24) is 0 Å². The van der Waals surface area contributed by atoms with Crippen molar-refractivity contribution >= 4 is 5.97 Å². The Hall–Kier alpha value is -1.62. The molecule has 1 atom stereocenters. The number of nitrogens with two attached hydrogens (primary N) is 1. The first-order valence-corrected chi connectivity index (χ1v) is 7.22. The molecule has 0 heterocycles. The molecule has 1 rings (SSSR count). The zero-order valence-corrected chi connectivity index (χ0v) is 12.9. The van der Waals surface area contributed by atoms with E-state index in [0.717, 1.165) is 12.8 Å². The number of hydrogen-bond donors (Lipinski definition) is 1. The summed E-state index contributed by atoms with van der Waals surface area (Å²) < 4.78 is 23.6. The second-order valence-electron chi connectivity index (χ2n) is 5.35. The third kappa shape index (κ3) is 5.71. The summed E-state index contributed by atoms with van der Waals surface area (Å²) in [4.78, 5) is 11.6. The number of hydrogen-bond acceptors (Lipinski definition) is 4. The Bertz CT molecular complexity index is 475. The summed E-state index contributed by atoms with van der Waals surface area (Å²) in [5, 5.41) is 0. The minimum atomic E-state index is -0.956. The van der Waals surface area contributed by atoms with Crippen LogP contribution in [-0.2, 0) is 9.53 Å². The molecule has 0 aromatic heterocycles. The maximum Gasteiger partial charge on any atom is 0.325 e. The van der Waals surface area contributed by atoms with Crippen LogP contribution in [0.2, 0.25) is 0 Å². The van der Waals surface area contributed by atoms with Gasteiger partial charge < -0.3 is 15.2 Å². The highest BCUT2D eigenvalue weighted by Crippen LogP contribution is 2.17. The number of unbranched alkanes of at least 4 members (excludes halogenated alkanes) is 1. The standard InChI is InChI=1S/C16H24FNO3/c1-4-20-15(19)16(3,18)9-5-6-10-21-13-7-8-14(17)12(2)11-13/h7-8,11H,4-6,9-10,18H2,1-3H3. The van der Waals surface area contributed by atoms with E-state index in [1.165, 1.54) is 6.07 Å². The van der Waals surface area contributed by atoms with Crippen molar-refractivity contribution in [2.75, 3.05) is 13.2 Å². The van der Waals surface area contributed by atoms with Crippen LogP contribution in [0.1, 0.15) is 38.7 Å². The molecule has 0 bridgehead atoms. The fraction of sp³-hybridized carbons (Fsp3) is 0.562. The van der Waals surface area contributed by atoms with Gasteiger partial charge in [-0.05, 0) is 63.8 Å². The molecule has 0 radical (unpaired) electrons. The molecule has 1 aromatic rings. The number of benzene rings is 1. The first kappa shape index (κ1) is 17.4. The molecule has 0 saturated carbocycles. The normalized spacial score (nSPS) is 13.6. The van der Waals surface area contributed by atoms with Crippen LogP contribution < -0.4 is 10.5 Å². The van der Waals surface area contributed by atoms with Crippen LogP contribution in [0.3, 0.4) is 0 Å². The van der Waals surface area contributed by atoms with Crippen LogP contribution in [0, 0.1) is 12.7 Å². The first-order chi connectivity index (χ1) is 9.86. The lowest BCUT2D eigenvalue weighted by Crippen LogP contribution is -2.46. The molecule has 0 aliphatic rings. The Balaban J connectivity index is 2.28. The van der Waals surface area contributed by atoms with Crippen LogP contribution >= 0.6 is 0 Å². The van der Waals surface area contributed by atoms with Gasteiger partial charge in [0.1, 0.15) is 17.1 Å². The van der Waals surface area contributed by atoms with Crippen molar-refractivity contribution < 1.29 is 18.7 Å². The zero-order valence-electron chi connectivity index (χ0n) is 12.9. The smallest absolute Gasteiger partial charge is 0.325 e. The fourth-order valence-electron chi connectivity index (χ4n) is 1.89. The first-order valence-electron chi connectivity index (χ1n) is 7.22. The molecule has 0 amide bonds. The summed E-state index contributed by atoms with van der Waals surface area (Å²) in [6, 6.07) is 4.66. The van der Waals surface area contributed by atoms with Gasteiger partial charge in [0, 0.05) is 0 Å². The minimum absolute atomic E-state index is 0.240. The maximum absolute atomic E-state index is 13.1. The van der Waals surface area contributed by atoms with Gasteiger partial charge in [-0.3, -0.25) is 4.79 Å². The van der Waals surface area contributed by atoms with Crippen molar-refractivity contribution in [3.8, 4) is 5.75 Å². The van der Waals surface area contributed by atoms with Gasteiger partial charge in [-0.15, -0.1) is 0 Å². The summed E-state index contributed by atoms with van der Waals surface area (Å²) in [5.41, 5.74) is 5.52. The molecule has 0 aliphatic heterocycles. The van der Waals surface area contributed by atoms with Gasteiger partial charge in [-0.25, -0.2) is 4.39 Å². The van der Waals surface area contributed by atoms with Crippen LogP contribution in [-0.4, -0.2) is 24.7 Å². The zero-order chi connectivity index (χ0) is 15.9. The highest BCUT2D eigenvalue weighted by molar-refractivity contribution is 5.79. The van der Waals surface area contributed by atoms with Gasteiger partial charge in [0.25, 0.3) is 0 Å². The maximum atomic E-state index is 13.1. The topological polar surface area (TPSA) is 61.5 Å². The Morgan fingerprint density at radius 3 is 2.71 bits per heavy atom. The number of esters is 1. The molecular weight excluding hydrogens is 273 g/mol. The highest BCUT2D eigenvalue weighted by Gasteiger charge is 2.28. The van der Waals surface area contributed by atoms with Crippen LogP contribution in [0.25, 0.3) is 0 Å². The van der Waals surface area contributed by atoms with Crippen molar-refractivity contribution in [2.24, 2.45) is 5.73 Å². The molecule has 118 valence electrons. The van der Waals surface area contributed by atoms with Gasteiger partial charge in [0.05, 0.1) is 13.2 Å². The number of halogens is 1. The Labute approximate surface area is 125 Å². The molecule has 5 heteroatoms. The number of ether oxygens (including phenoxy) is 2. The quantitative estimate of drug-likeness (QED) is 0.592. The van der Waals surface area contributed by atoms with Crippen molar-refractivity contribution in [2.45, 2.75) is 45.6 Å². The molecule has 21 heavy (non-hydrogen) atoms. The van der Waals surface area contributed by atoms with Gasteiger partial charge in [0.2, 0.25) is 0 Å². The molecule has 4 nitrogen and oxygen atoms in total. The van der Waals surface area contributed by atoms with E-state index in [1.807, 2.05) is 0 Å². The summed E-state index contributed by atoms with van der Waals surface area (Å²) in [6.45, 7) is 5.96. The predicted molar refractivity (Wildman–Crippen MR) is 79.7 cm³/mol. The molecule has 0 spiro atoms. The Morgan fingerprint density at radius 2 is 2.10 bits per heavy atom. The number of carbonyl (C=O) groups excluding carboxylic acids is 1. The summed E-state index contributed by atoms with van der Waals surface area (Å²) in [5.74, 6) is 0.0329. The second kappa shape index (κ2) is 7.98. The number of carbonyl (C=O) groups is 1. The molecule has 0 saturated heterocycles. The second-order valence-corrected chi connectivity index (χ2v) is 5.35. The van der Waals surface area contributed by atoms with Gasteiger partial charge in [-0.1, -0.05) is 0 Å². The molecule has 2 N–H and O–H groups in total. The van der Waals surface area contributed by atoms with Crippen LogP contribution in [0.4, 0.5) is 4.39 Å². The lowest BCUT2D eigenvalue weighted by atomic mass is 9.96. The minimum Gasteiger partial charge on any atom is -0.494 e. The van der Waals surface area contributed by atoms with Crippen LogP contribution in [0.5, 0.6) is 5.75 Å². The average molecular weight is 297 g/mol. The highest BCUT2D eigenvalue weighted by atomic mass is 19.1. The van der Waals surface area contributed by atoms with Crippen molar-refractivity contribution in [3.05, 3.63) is 29.6 Å². The van der Waals surface area contributed by atoms with E-state index in [2.05, 4.69) is 0 Å². The average Bonchev–Trinajstić information content (AvgIpc) is 2.42. The van der Waals surface area contributed by atoms with E-state index in [-0.39, 0.29) is 11.8 Å². The van der Waals surface area contributed by atoms with E-state index in [9.17, 15) is 9.18 Å². The van der Waals surface area contributed by atoms with Gasteiger partial charge >= 0.3 is 5.97 Å². The van der Waals surface area contributed by atoms with Crippen molar-refractivity contribution in [3.63, 3.8) is 0 Å². The number of aryl methyl sites for hydroxylation is 1. The summed E-state index contributed by atoms with van der Waals surface area (Å²) in [6.07, 6.45) is 2.06. The van der Waals surface area contributed by atoms with E-state index in [1.54, 1.807) is 32.9 Å². The summed E-state index contributed by atoms with van der Waals surface area (Å²) >= 11 is 0. The third-order valence-electron chi connectivity index (χ3n) is 3.23. The lowest BCUT2D eigenvalue weighted by Gasteiger charge is -2.21. The van der Waals surface area contributed by atoms with E-state index in [4.69, 9.17) is 15.2 Å². The largest absolute Gasteiger partial charge is 0.494 e. The predicted octanol–water partition coefficient (Wildman–Crippen LogP) is 2.96. The molecular formula is C16H24FNO3. The molecule has 0 fully saturated rings. The SMILES string of the molecule is CCOC(=O)C(C)(N)CCCCOc1ccc(F)c(C)c1. The van der Waals surface area contributed by atoms with Gasteiger partial charge in [0.15, 0.2) is 0 Å². The Kier molecular flexibility index (Phi) is 6.62. The Morgan fingerprint density at radius 1 is 1.38 bits per heavy atom. The van der Waals surface area contributed by atoms with E-state index in [0.29, 0.717) is 30.9 Å². The monoisotopic (exact) mass is 297 g/mol. The fourth-order valence-corrected chi connectivity index (χ4v) is 1.89. The number of rotatable bonds is 8.